The molecule has 0 unspecified atom stereocenters. The van der Waals surface area contributed by atoms with Gasteiger partial charge in [0, 0.05) is 6.42 Å². The molecule has 1 aromatic heterocycles. The van der Waals surface area contributed by atoms with Gasteiger partial charge in [0.15, 0.2) is 0 Å². The summed E-state index contributed by atoms with van der Waals surface area (Å²) in [5.41, 5.74) is 1.07. The maximum Gasteiger partial charge on any atom is 0.243 e. The Morgan fingerprint density at radius 1 is 1.42 bits per heavy atom. The van der Waals surface area contributed by atoms with Gasteiger partial charge in [-0.25, -0.2) is 9.13 Å². The van der Waals surface area contributed by atoms with Gasteiger partial charge < -0.3 is 10.2 Å². The van der Waals surface area contributed by atoms with Crippen LogP contribution in [0.15, 0.2) is 12.5 Å². The average molecular weight is 171 g/mol. The van der Waals surface area contributed by atoms with Gasteiger partial charge in [-0.1, -0.05) is 0 Å². The minimum Gasteiger partial charge on any atom is -0.396 e. The Balaban J connectivity index is 2.70. The molecule has 4 nitrogen and oxygen atoms in total. The molecule has 12 heavy (non-hydrogen) atoms. The third-order valence-electron chi connectivity index (χ3n) is 1.82. The predicted octanol–water partition coefficient (Wildman–Crippen LogP) is -1.16. The lowest BCUT2D eigenvalue weighted by atomic mass is 10.3. The number of hydrogen-bond acceptors (Lipinski definition) is 2. The van der Waals surface area contributed by atoms with Crippen LogP contribution in [-0.2, 0) is 20.0 Å². The van der Waals surface area contributed by atoms with E-state index in [2.05, 4.69) is 0 Å². The Hall–Kier alpha value is -0.870. The van der Waals surface area contributed by atoms with Crippen LogP contribution in [0.25, 0.3) is 0 Å². The van der Waals surface area contributed by atoms with Crippen LogP contribution >= 0.6 is 0 Å². The SMILES string of the molecule is Cn1c[n+](CCO)cc1CCO. The van der Waals surface area contributed by atoms with E-state index in [4.69, 9.17) is 10.2 Å². The fraction of sp³-hybridized carbons (Fsp3) is 0.625. The van der Waals surface area contributed by atoms with Gasteiger partial charge in [0.2, 0.25) is 6.33 Å². The van der Waals surface area contributed by atoms with E-state index in [1.54, 1.807) is 0 Å². The van der Waals surface area contributed by atoms with E-state index in [0.717, 1.165) is 5.69 Å². The Morgan fingerprint density at radius 3 is 2.75 bits per heavy atom. The van der Waals surface area contributed by atoms with Crippen LogP contribution in [0.2, 0.25) is 0 Å². The van der Waals surface area contributed by atoms with Crippen LogP contribution in [0, 0.1) is 0 Å². The maximum absolute atomic E-state index is 8.71. The second-order valence-corrected chi connectivity index (χ2v) is 2.78. The number of aliphatic hydroxyl groups excluding tert-OH is 2. The molecule has 1 aromatic rings. The van der Waals surface area contributed by atoms with Crippen molar-refractivity contribution in [1.29, 1.82) is 0 Å². The van der Waals surface area contributed by atoms with Gasteiger partial charge in [0.25, 0.3) is 0 Å². The number of aromatic nitrogens is 2. The Bertz CT molecular complexity index is 245. The molecule has 0 radical (unpaired) electrons. The Labute approximate surface area is 71.7 Å². The first kappa shape index (κ1) is 9.22. The number of aliphatic hydroxyl groups is 2. The first-order valence-electron chi connectivity index (χ1n) is 4.04. The van der Waals surface area contributed by atoms with Gasteiger partial charge >= 0.3 is 0 Å². The Kier molecular flexibility index (Phi) is 3.25. The number of nitrogens with zero attached hydrogens (tertiary/aromatic N) is 2. The molecule has 0 saturated heterocycles. The van der Waals surface area contributed by atoms with Crippen LogP contribution in [0.3, 0.4) is 0 Å². The number of rotatable bonds is 4. The molecule has 0 atom stereocenters. The largest absolute Gasteiger partial charge is 0.396 e. The zero-order valence-corrected chi connectivity index (χ0v) is 7.27. The highest BCUT2D eigenvalue weighted by Crippen LogP contribution is 1.94. The summed E-state index contributed by atoms with van der Waals surface area (Å²) in [4.78, 5) is 0. The topological polar surface area (TPSA) is 49.3 Å². The molecule has 0 amide bonds. The molecule has 0 aromatic carbocycles. The lowest BCUT2D eigenvalue weighted by Gasteiger charge is -1.88. The van der Waals surface area contributed by atoms with E-state index in [1.807, 2.05) is 28.7 Å². The van der Waals surface area contributed by atoms with Gasteiger partial charge in [-0.05, 0) is 0 Å². The van der Waals surface area contributed by atoms with Crippen LogP contribution in [0.1, 0.15) is 5.69 Å². The highest BCUT2D eigenvalue weighted by atomic mass is 16.3. The summed E-state index contributed by atoms with van der Waals surface area (Å²) in [6.45, 7) is 0.920. The van der Waals surface area contributed by atoms with E-state index in [-0.39, 0.29) is 13.2 Å². The zero-order valence-electron chi connectivity index (χ0n) is 7.27. The summed E-state index contributed by atoms with van der Waals surface area (Å²) in [5, 5.41) is 17.4. The van der Waals surface area contributed by atoms with Gasteiger partial charge in [-0.2, -0.15) is 0 Å². The highest BCUT2D eigenvalue weighted by molar-refractivity contribution is 4.92. The molecule has 0 saturated carbocycles. The normalized spacial score (nSPS) is 10.6. The molecule has 68 valence electrons. The summed E-state index contributed by atoms with van der Waals surface area (Å²) in [5.74, 6) is 0. The van der Waals surface area contributed by atoms with E-state index < -0.39 is 0 Å². The summed E-state index contributed by atoms with van der Waals surface area (Å²) < 4.78 is 3.86. The van der Waals surface area contributed by atoms with Crippen molar-refractivity contribution in [2.24, 2.45) is 7.05 Å². The second kappa shape index (κ2) is 4.23. The fourth-order valence-electron chi connectivity index (χ4n) is 1.21. The Morgan fingerprint density at radius 2 is 2.17 bits per heavy atom. The molecule has 0 aliphatic heterocycles. The smallest absolute Gasteiger partial charge is 0.243 e. The molecule has 4 heteroatoms. The maximum atomic E-state index is 8.71. The van der Waals surface area contributed by atoms with E-state index >= 15 is 0 Å². The summed E-state index contributed by atoms with van der Waals surface area (Å²) >= 11 is 0. The lowest BCUT2D eigenvalue weighted by Crippen LogP contribution is -2.32. The van der Waals surface area contributed by atoms with Crippen molar-refractivity contribution in [3.05, 3.63) is 18.2 Å². The molecule has 1 rings (SSSR count). The van der Waals surface area contributed by atoms with Crippen molar-refractivity contribution in [2.75, 3.05) is 13.2 Å². The molecule has 1 heterocycles. The minimum atomic E-state index is 0.146. The van der Waals surface area contributed by atoms with Crippen LogP contribution in [0.5, 0.6) is 0 Å². The van der Waals surface area contributed by atoms with Crippen LogP contribution in [0.4, 0.5) is 0 Å². The van der Waals surface area contributed by atoms with Crippen molar-refractivity contribution < 1.29 is 14.8 Å². The van der Waals surface area contributed by atoms with Crippen molar-refractivity contribution >= 4 is 0 Å². The second-order valence-electron chi connectivity index (χ2n) is 2.78. The molecule has 0 aliphatic rings. The van der Waals surface area contributed by atoms with Crippen LogP contribution in [-0.4, -0.2) is 28.0 Å². The van der Waals surface area contributed by atoms with Crippen LogP contribution < -0.4 is 4.57 Å². The lowest BCUT2D eigenvalue weighted by molar-refractivity contribution is -0.697. The summed E-state index contributed by atoms with van der Waals surface area (Å²) in [6, 6.07) is 0. The number of imidazole rings is 1. The first-order valence-corrected chi connectivity index (χ1v) is 4.04. The average Bonchev–Trinajstić information content (AvgIpc) is 2.34. The van der Waals surface area contributed by atoms with Crippen molar-refractivity contribution in [2.45, 2.75) is 13.0 Å². The summed E-state index contributed by atoms with van der Waals surface area (Å²) in [6.07, 6.45) is 4.50. The molecular formula is C8H15N2O2+. The van der Waals surface area contributed by atoms with Gasteiger partial charge in [-0.15, -0.1) is 0 Å². The molecule has 0 spiro atoms. The predicted molar refractivity (Wildman–Crippen MR) is 43.5 cm³/mol. The number of aryl methyl sites for hydroxylation is 1. The number of hydrogen-bond donors (Lipinski definition) is 2. The highest BCUT2D eigenvalue weighted by Gasteiger charge is 2.08. The van der Waals surface area contributed by atoms with Crippen molar-refractivity contribution in [3.63, 3.8) is 0 Å². The minimum absolute atomic E-state index is 0.146. The molecular weight excluding hydrogens is 156 g/mol. The zero-order chi connectivity index (χ0) is 8.97. The quantitative estimate of drug-likeness (QED) is 0.561. The molecule has 2 N–H and O–H groups in total. The summed E-state index contributed by atoms with van der Waals surface area (Å²) in [7, 11) is 1.93. The van der Waals surface area contributed by atoms with Crippen molar-refractivity contribution in [1.82, 2.24) is 4.57 Å². The van der Waals surface area contributed by atoms with Gasteiger partial charge in [-0.3, -0.25) is 0 Å². The van der Waals surface area contributed by atoms with Crippen molar-refractivity contribution in [3.8, 4) is 0 Å². The third kappa shape index (κ3) is 2.06. The van der Waals surface area contributed by atoms with Gasteiger partial charge in [0.1, 0.15) is 18.4 Å². The van der Waals surface area contributed by atoms with E-state index in [1.165, 1.54) is 0 Å². The van der Waals surface area contributed by atoms with Gasteiger partial charge in [0.05, 0.1) is 20.3 Å². The molecule has 0 aliphatic carbocycles. The monoisotopic (exact) mass is 171 g/mol. The standard InChI is InChI=1S/C8H15N2O2/c1-9-7-10(3-5-12)6-8(9)2-4-11/h6-7,11-12H,2-5H2,1H3/q+1. The van der Waals surface area contributed by atoms with E-state index in [9.17, 15) is 0 Å². The third-order valence-corrected chi connectivity index (χ3v) is 1.82. The molecule has 0 fully saturated rings. The fourth-order valence-corrected chi connectivity index (χ4v) is 1.21. The van der Waals surface area contributed by atoms with E-state index in [0.29, 0.717) is 13.0 Å². The first-order chi connectivity index (χ1) is 5.77. The molecule has 0 bridgehead atoms.